The lowest BCUT2D eigenvalue weighted by molar-refractivity contribution is 0.0934. The lowest BCUT2D eigenvalue weighted by Crippen LogP contribution is -2.37. The molecule has 22 heavy (non-hydrogen) atoms. The van der Waals surface area contributed by atoms with Gasteiger partial charge in [0, 0.05) is 11.7 Å². The van der Waals surface area contributed by atoms with Crippen LogP contribution in [0.1, 0.15) is 40.9 Å². The molecule has 1 saturated carbocycles. The van der Waals surface area contributed by atoms with Crippen molar-refractivity contribution in [3.63, 3.8) is 0 Å². The van der Waals surface area contributed by atoms with E-state index in [1.165, 1.54) is 5.56 Å². The molecule has 1 fully saturated rings. The third-order valence-corrected chi connectivity index (χ3v) is 4.37. The molecule has 1 aromatic heterocycles. The van der Waals surface area contributed by atoms with Gasteiger partial charge in [0.1, 0.15) is 5.56 Å². The van der Waals surface area contributed by atoms with Crippen LogP contribution < -0.4 is 10.9 Å². The Morgan fingerprint density at radius 2 is 1.95 bits per heavy atom. The van der Waals surface area contributed by atoms with Crippen LogP contribution in [-0.2, 0) is 0 Å². The molecule has 1 aliphatic rings. The zero-order valence-electron chi connectivity index (χ0n) is 12.8. The smallest absolute Gasteiger partial charge is 0.260 e. The van der Waals surface area contributed by atoms with Crippen LogP contribution in [0.25, 0.3) is 0 Å². The lowest BCUT2D eigenvalue weighted by atomic mass is 10.1. The van der Waals surface area contributed by atoms with Crippen molar-refractivity contribution in [3.05, 3.63) is 69.6 Å². The van der Waals surface area contributed by atoms with Gasteiger partial charge in [-0.05, 0) is 49.8 Å². The first-order valence-electron chi connectivity index (χ1n) is 7.62. The summed E-state index contributed by atoms with van der Waals surface area (Å²) >= 11 is 0. The predicted octanol–water partition coefficient (Wildman–Crippen LogP) is 2.61. The number of rotatable bonds is 4. The highest BCUT2D eigenvalue weighted by atomic mass is 16.2. The van der Waals surface area contributed by atoms with Crippen LogP contribution in [-0.4, -0.2) is 16.9 Å². The molecule has 1 aliphatic carbocycles. The molecule has 1 heterocycles. The normalized spacial score (nSPS) is 21.2. The van der Waals surface area contributed by atoms with Crippen molar-refractivity contribution in [2.45, 2.75) is 32.2 Å². The molecule has 4 heteroatoms. The fraction of sp³-hybridized carbons (Fsp3) is 0.333. The maximum absolute atomic E-state index is 12.2. The Labute approximate surface area is 129 Å². The molecule has 0 saturated heterocycles. The molecule has 0 aliphatic heterocycles. The van der Waals surface area contributed by atoms with E-state index in [9.17, 15) is 9.59 Å². The third kappa shape index (κ3) is 2.96. The Morgan fingerprint density at radius 3 is 2.64 bits per heavy atom. The van der Waals surface area contributed by atoms with Crippen LogP contribution >= 0.6 is 0 Å². The molecule has 3 rings (SSSR count). The van der Waals surface area contributed by atoms with E-state index in [2.05, 4.69) is 22.4 Å². The number of aromatic amines is 1. The molecule has 4 nitrogen and oxygen atoms in total. The monoisotopic (exact) mass is 296 g/mol. The number of H-pyrrole nitrogens is 1. The SMILES string of the molecule is Cc1ccc(C(=O)N[C@H](C)[C@@H]2C[C@@H]2c2ccccc2)c(=O)[nH]1. The first-order valence-corrected chi connectivity index (χ1v) is 7.62. The van der Waals surface area contributed by atoms with Gasteiger partial charge in [0.05, 0.1) is 0 Å². The fourth-order valence-electron chi connectivity index (χ4n) is 2.99. The van der Waals surface area contributed by atoms with Crippen LogP contribution in [0.2, 0.25) is 0 Å². The van der Waals surface area contributed by atoms with Gasteiger partial charge in [-0.1, -0.05) is 30.3 Å². The molecule has 0 bridgehead atoms. The Hall–Kier alpha value is -2.36. The van der Waals surface area contributed by atoms with E-state index >= 15 is 0 Å². The molecule has 2 N–H and O–H groups in total. The van der Waals surface area contributed by atoms with Crippen LogP contribution in [0.5, 0.6) is 0 Å². The second-order valence-corrected chi connectivity index (χ2v) is 6.06. The molecule has 2 aromatic rings. The third-order valence-electron chi connectivity index (χ3n) is 4.37. The molecule has 1 amide bonds. The maximum atomic E-state index is 12.2. The van der Waals surface area contributed by atoms with Crippen molar-refractivity contribution in [1.29, 1.82) is 0 Å². The molecule has 114 valence electrons. The van der Waals surface area contributed by atoms with Gasteiger partial charge in [0.25, 0.3) is 11.5 Å². The first-order chi connectivity index (χ1) is 10.6. The Balaban J connectivity index is 1.64. The van der Waals surface area contributed by atoms with Gasteiger partial charge < -0.3 is 10.3 Å². The zero-order chi connectivity index (χ0) is 15.7. The van der Waals surface area contributed by atoms with E-state index < -0.39 is 0 Å². The summed E-state index contributed by atoms with van der Waals surface area (Å²) in [5.41, 5.74) is 1.91. The predicted molar refractivity (Wildman–Crippen MR) is 86.0 cm³/mol. The number of carbonyl (C=O) groups excluding carboxylic acids is 1. The summed E-state index contributed by atoms with van der Waals surface area (Å²) in [7, 11) is 0. The minimum absolute atomic E-state index is 0.0541. The zero-order valence-corrected chi connectivity index (χ0v) is 12.8. The lowest BCUT2D eigenvalue weighted by Gasteiger charge is -2.14. The number of carbonyl (C=O) groups is 1. The van der Waals surface area contributed by atoms with Crippen molar-refractivity contribution < 1.29 is 4.79 Å². The van der Waals surface area contributed by atoms with E-state index in [-0.39, 0.29) is 23.1 Å². The topological polar surface area (TPSA) is 62.0 Å². The quantitative estimate of drug-likeness (QED) is 0.911. The van der Waals surface area contributed by atoms with Crippen LogP contribution in [0.15, 0.2) is 47.3 Å². The summed E-state index contributed by atoms with van der Waals surface area (Å²) in [4.78, 5) is 26.7. The molecular weight excluding hydrogens is 276 g/mol. The van der Waals surface area contributed by atoms with Gasteiger partial charge in [-0.3, -0.25) is 9.59 Å². The average Bonchev–Trinajstić information content (AvgIpc) is 3.28. The van der Waals surface area contributed by atoms with E-state index in [4.69, 9.17) is 0 Å². The Morgan fingerprint density at radius 1 is 1.23 bits per heavy atom. The maximum Gasteiger partial charge on any atom is 0.260 e. The number of amides is 1. The Kier molecular flexibility index (Phi) is 3.84. The van der Waals surface area contributed by atoms with Gasteiger partial charge in [0.2, 0.25) is 0 Å². The number of pyridine rings is 1. The van der Waals surface area contributed by atoms with Crippen molar-refractivity contribution in [3.8, 4) is 0 Å². The van der Waals surface area contributed by atoms with E-state index in [0.29, 0.717) is 11.8 Å². The van der Waals surface area contributed by atoms with Crippen LogP contribution in [0, 0.1) is 12.8 Å². The van der Waals surface area contributed by atoms with E-state index in [0.717, 1.165) is 12.1 Å². The molecule has 0 radical (unpaired) electrons. The second kappa shape index (κ2) is 5.79. The van der Waals surface area contributed by atoms with Gasteiger partial charge in [0.15, 0.2) is 0 Å². The fourth-order valence-corrected chi connectivity index (χ4v) is 2.99. The van der Waals surface area contributed by atoms with E-state index in [1.807, 2.05) is 25.1 Å². The van der Waals surface area contributed by atoms with Crippen LogP contribution in [0.4, 0.5) is 0 Å². The number of aryl methyl sites for hydroxylation is 1. The number of hydrogen-bond acceptors (Lipinski definition) is 2. The number of nitrogens with one attached hydrogen (secondary N) is 2. The molecule has 3 atom stereocenters. The molecule has 1 aromatic carbocycles. The Bertz CT molecular complexity index is 736. The van der Waals surface area contributed by atoms with Gasteiger partial charge >= 0.3 is 0 Å². The minimum Gasteiger partial charge on any atom is -0.349 e. The largest absolute Gasteiger partial charge is 0.349 e. The summed E-state index contributed by atoms with van der Waals surface area (Å²) in [5, 5.41) is 2.96. The van der Waals surface area contributed by atoms with Crippen molar-refractivity contribution in [1.82, 2.24) is 10.3 Å². The summed E-state index contributed by atoms with van der Waals surface area (Å²) in [6, 6.07) is 13.7. The number of aromatic nitrogens is 1. The highest BCUT2D eigenvalue weighted by molar-refractivity contribution is 5.94. The van der Waals surface area contributed by atoms with Gasteiger partial charge in [-0.15, -0.1) is 0 Å². The number of hydrogen-bond donors (Lipinski definition) is 2. The molecule has 0 unspecified atom stereocenters. The summed E-state index contributed by atoms with van der Waals surface area (Å²) in [5.74, 6) is 0.649. The van der Waals surface area contributed by atoms with Crippen molar-refractivity contribution in [2.75, 3.05) is 0 Å². The average molecular weight is 296 g/mol. The van der Waals surface area contributed by atoms with E-state index in [1.54, 1.807) is 19.1 Å². The van der Waals surface area contributed by atoms with Crippen molar-refractivity contribution >= 4 is 5.91 Å². The number of benzene rings is 1. The highest BCUT2D eigenvalue weighted by Crippen LogP contribution is 2.49. The minimum atomic E-state index is -0.333. The van der Waals surface area contributed by atoms with Crippen LogP contribution in [0.3, 0.4) is 0 Å². The summed E-state index contributed by atoms with van der Waals surface area (Å²) in [6.07, 6.45) is 1.08. The summed E-state index contributed by atoms with van der Waals surface area (Å²) in [6.45, 7) is 3.80. The first kappa shape index (κ1) is 14.6. The van der Waals surface area contributed by atoms with Crippen molar-refractivity contribution in [2.24, 2.45) is 5.92 Å². The molecular formula is C18H20N2O2. The summed E-state index contributed by atoms with van der Waals surface area (Å²) < 4.78 is 0. The molecule has 0 spiro atoms. The standard InChI is InChI=1S/C18H20N2O2/c1-11-8-9-14(17(21)19-11)18(22)20-12(2)15-10-16(15)13-6-4-3-5-7-13/h3-9,12,15-16H,10H2,1-2H3,(H,19,21)(H,20,22)/t12-,15+,16-/m1/s1. The second-order valence-electron chi connectivity index (χ2n) is 6.06. The van der Waals surface area contributed by atoms with Gasteiger partial charge in [-0.2, -0.15) is 0 Å². The highest BCUT2D eigenvalue weighted by Gasteiger charge is 2.42. The van der Waals surface area contributed by atoms with Gasteiger partial charge in [-0.25, -0.2) is 0 Å².